The van der Waals surface area contributed by atoms with E-state index in [1.54, 1.807) is 14.2 Å². The fraction of sp³-hybridized carbons (Fsp3) is 0.571. The highest BCUT2D eigenvalue weighted by atomic mass is 32.2. The van der Waals surface area contributed by atoms with Crippen LogP contribution in [0.15, 0.2) is 12.1 Å². The number of hydrogen-bond acceptors (Lipinski definition) is 4. The molecule has 1 atom stereocenters. The first-order valence-corrected chi connectivity index (χ1v) is 7.45. The summed E-state index contributed by atoms with van der Waals surface area (Å²) < 4.78 is 10.6. The number of methoxy groups -OCH3 is 2. The Morgan fingerprint density at radius 3 is 2.39 bits per heavy atom. The van der Waals surface area contributed by atoms with Crippen molar-refractivity contribution >= 4 is 11.8 Å². The fourth-order valence-electron chi connectivity index (χ4n) is 1.81. The third kappa shape index (κ3) is 4.10. The molecule has 4 heteroatoms. The number of nitrogens with one attached hydrogen (secondary N) is 1. The minimum Gasteiger partial charge on any atom is -0.493 e. The van der Waals surface area contributed by atoms with Gasteiger partial charge in [-0.05, 0) is 43.4 Å². The number of ether oxygens (including phenoxy) is 2. The molecule has 0 aromatic heterocycles. The molecular formula is C14H23NO2S. The average Bonchev–Trinajstić information content (AvgIpc) is 2.37. The molecule has 0 aliphatic heterocycles. The summed E-state index contributed by atoms with van der Waals surface area (Å²) in [7, 11) is 3.33. The lowest BCUT2D eigenvalue weighted by Crippen LogP contribution is -2.27. The van der Waals surface area contributed by atoms with Crippen molar-refractivity contribution in [1.29, 1.82) is 0 Å². The van der Waals surface area contributed by atoms with Crippen LogP contribution in [0, 0.1) is 6.92 Å². The summed E-state index contributed by atoms with van der Waals surface area (Å²) in [4.78, 5) is 0. The van der Waals surface area contributed by atoms with E-state index < -0.39 is 0 Å². The van der Waals surface area contributed by atoms with Crippen molar-refractivity contribution in [1.82, 2.24) is 5.32 Å². The first kappa shape index (κ1) is 15.2. The van der Waals surface area contributed by atoms with Gasteiger partial charge in [0, 0.05) is 18.3 Å². The maximum absolute atomic E-state index is 5.33. The van der Waals surface area contributed by atoms with Gasteiger partial charge in [-0.3, -0.25) is 0 Å². The molecule has 0 heterocycles. The molecular weight excluding hydrogens is 246 g/mol. The lowest BCUT2D eigenvalue weighted by molar-refractivity contribution is 0.354. The Labute approximate surface area is 114 Å². The maximum Gasteiger partial charge on any atom is 0.161 e. The van der Waals surface area contributed by atoms with Crippen LogP contribution in [0.4, 0.5) is 0 Å². The Balaban J connectivity index is 2.76. The first-order valence-electron chi connectivity index (χ1n) is 6.06. The molecule has 0 spiro atoms. The SMILES string of the molecule is COc1cc(C)c(CNC(C)CSC)cc1OC. The van der Waals surface area contributed by atoms with Crippen LogP contribution in [0.2, 0.25) is 0 Å². The standard InChI is InChI=1S/C14H23NO2S/c1-10-6-13(16-3)14(17-4)7-12(10)8-15-11(2)9-18-5/h6-7,11,15H,8-9H2,1-5H3. The van der Waals surface area contributed by atoms with Gasteiger partial charge < -0.3 is 14.8 Å². The summed E-state index contributed by atoms with van der Waals surface area (Å²) in [6, 6.07) is 4.58. The van der Waals surface area contributed by atoms with Gasteiger partial charge in [0.25, 0.3) is 0 Å². The van der Waals surface area contributed by atoms with E-state index >= 15 is 0 Å². The summed E-state index contributed by atoms with van der Waals surface area (Å²) >= 11 is 1.86. The molecule has 0 amide bonds. The van der Waals surface area contributed by atoms with Crippen LogP contribution in [0.3, 0.4) is 0 Å². The molecule has 3 nitrogen and oxygen atoms in total. The zero-order chi connectivity index (χ0) is 13.5. The van der Waals surface area contributed by atoms with E-state index in [-0.39, 0.29) is 0 Å². The van der Waals surface area contributed by atoms with Gasteiger partial charge >= 0.3 is 0 Å². The Bertz CT molecular complexity index is 382. The van der Waals surface area contributed by atoms with Crippen LogP contribution in [0.25, 0.3) is 0 Å². The Morgan fingerprint density at radius 1 is 1.22 bits per heavy atom. The third-order valence-corrected chi connectivity index (χ3v) is 3.73. The molecule has 1 N–H and O–H groups in total. The minimum absolute atomic E-state index is 0.507. The average molecular weight is 269 g/mol. The van der Waals surface area contributed by atoms with Gasteiger partial charge in [-0.2, -0.15) is 11.8 Å². The van der Waals surface area contributed by atoms with E-state index in [0.29, 0.717) is 6.04 Å². The summed E-state index contributed by atoms with van der Waals surface area (Å²) in [5.41, 5.74) is 2.47. The van der Waals surface area contributed by atoms with Crippen LogP contribution < -0.4 is 14.8 Å². The number of hydrogen-bond donors (Lipinski definition) is 1. The van der Waals surface area contributed by atoms with E-state index in [2.05, 4.69) is 25.4 Å². The molecule has 0 fully saturated rings. The van der Waals surface area contributed by atoms with E-state index in [4.69, 9.17) is 9.47 Å². The van der Waals surface area contributed by atoms with Crippen molar-refractivity contribution in [2.24, 2.45) is 0 Å². The molecule has 0 aliphatic carbocycles. The van der Waals surface area contributed by atoms with Gasteiger partial charge in [-0.15, -0.1) is 0 Å². The topological polar surface area (TPSA) is 30.5 Å². The second kappa shape index (κ2) is 7.54. The number of thioether (sulfide) groups is 1. The van der Waals surface area contributed by atoms with Gasteiger partial charge in [0.05, 0.1) is 14.2 Å². The van der Waals surface area contributed by atoms with Crippen molar-refractivity contribution < 1.29 is 9.47 Å². The number of rotatable bonds is 7. The third-order valence-electron chi connectivity index (χ3n) is 2.90. The highest BCUT2D eigenvalue weighted by molar-refractivity contribution is 7.98. The fourth-order valence-corrected chi connectivity index (χ4v) is 2.42. The first-order chi connectivity index (χ1) is 8.62. The van der Waals surface area contributed by atoms with Gasteiger partial charge in [0.2, 0.25) is 0 Å². The minimum atomic E-state index is 0.507. The van der Waals surface area contributed by atoms with E-state index in [1.807, 2.05) is 23.9 Å². The van der Waals surface area contributed by atoms with Gasteiger partial charge in [0.1, 0.15) is 0 Å². The van der Waals surface area contributed by atoms with Crippen LogP contribution in [0.1, 0.15) is 18.1 Å². The second-order valence-corrected chi connectivity index (χ2v) is 5.28. The predicted molar refractivity (Wildman–Crippen MR) is 79.0 cm³/mol. The van der Waals surface area contributed by atoms with Gasteiger partial charge in [0.15, 0.2) is 11.5 Å². The van der Waals surface area contributed by atoms with E-state index in [0.717, 1.165) is 23.8 Å². The maximum atomic E-state index is 5.33. The zero-order valence-corrected chi connectivity index (χ0v) is 12.7. The molecule has 1 rings (SSSR count). The Morgan fingerprint density at radius 2 is 1.83 bits per heavy atom. The van der Waals surface area contributed by atoms with Gasteiger partial charge in [-0.1, -0.05) is 0 Å². The largest absolute Gasteiger partial charge is 0.493 e. The van der Waals surface area contributed by atoms with Crippen LogP contribution >= 0.6 is 11.8 Å². The van der Waals surface area contributed by atoms with Crippen LogP contribution in [0.5, 0.6) is 11.5 Å². The number of aryl methyl sites for hydroxylation is 1. The summed E-state index contributed by atoms with van der Waals surface area (Å²) in [5.74, 6) is 2.69. The molecule has 0 bridgehead atoms. The highest BCUT2D eigenvalue weighted by Gasteiger charge is 2.09. The van der Waals surface area contributed by atoms with Crippen molar-refractivity contribution in [3.05, 3.63) is 23.3 Å². The van der Waals surface area contributed by atoms with Crippen LogP contribution in [-0.2, 0) is 6.54 Å². The summed E-state index contributed by atoms with van der Waals surface area (Å²) in [5, 5.41) is 3.51. The second-order valence-electron chi connectivity index (χ2n) is 4.37. The van der Waals surface area contributed by atoms with Gasteiger partial charge in [-0.25, -0.2) is 0 Å². The molecule has 18 heavy (non-hydrogen) atoms. The molecule has 0 aliphatic rings. The smallest absolute Gasteiger partial charge is 0.161 e. The Kier molecular flexibility index (Phi) is 6.36. The predicted octanol–water partition coefficient (Wildman–Crippen LogP) is 2.85. The van der Waals surface area contributed by atoms with Crippen molar-refractivity contribution in [2.75, 3.05) is 26.2 Å². The quantitative estimate of drug-likeness (QED) is 0.824. The molecule has 0 saturated carbocycles. The molecule has 1 aromatic carbocycles. The molecule has 0 radical (unpaired) electrons. The summed E-state index contributed by atoms with van der Waals surface area (Å²) in [6.45, 7) is 5.15. The molecule has 1 aromatic rings. The van der Waals surface area contributed by atoms with Crippen LogP contribution in [-0.4, -0.2) is 32.3 Å². The van der Waals surface area contributed by atoms with Crippen molar-refractivity contribution in [3.63, 3.8) is 0 Å². The van der Waals surface area contributed by atoms with Crippen molar-refractivity contribution in [2.45, 2.75) is 26.4 Å². The highest BCUT2D eigenvalue weighted by Crippen LogP contribution is 2.30. The monoisotopic (exact) mass is 269 g/mol. The Hall–Kier alpha value is -0.870. The van der Waals surface area contributed by atoms with E-state index in [1.165, 1.54) is 11.1 Å². The molecule has 1 unspecified atom stereocenters. The summed E-state index contributed by atoms with van der Waals surface area (Å²) in [6.07, 6.45) is 2.12. The molecule has 102 valence electrons. The lowest BCUT2D eigenvalue weighted by atomic mass is 10.1. The van der Waals surface area contributed by atoms with Crippen molar-refractivity contribution in [3.8, 4) is 11.5 Å². The number of benzene rings is 1. The zero-order valence-electron chi connectivity index (χ0n) is 11.9. The lowest BCUT2D eigenvalue weighted by Gasteiger charge is -2.16. The normalized spacial score (nSPS) is 12.3. The van der Waals surface area contributed by atoms with E-state index in [9.17, 15) is 0 Å². The molecule has 0 saturated heterocycles.